The van der Waals surface area contributed by atoms with E-state index in [1.165, 1.54) is 31.3 Å². The third-order valence-corrected chi connectivity index (χ3v) is 3.10. The van der Waals surface area contributed by atoms with E-state index in [0.717, 1.165) is 6.07 Å². The number of halogens is 4. The number of nitrogen functional groups attached to an aromatic ring is 1. The molecule has 0 amide bonds. The molecule has 2 N–H and O–H groups in total. The molecule has 1 heterocycles. The maximum absolute atomic E-state index is 13.0. The van der Waals surface area contributed by atoms with Gasteiger partial charge in [0.05, 0.1) is 5.56 Å². The van der Waals surface area contributed by atoms with Gasteiger partial charge in [0.25, 0.3) is 0 Å². The number of hydrogen-bond acceptors (Lipinski definition) is 3. The average molecular weight is 317 g/mol. The first-order chi connectivity index (χ1) is 9.79. The van der Waals surface area contributed by atoms with E-state index in [9.17, 15) is 13.2 Å². The highest BCUT2D eigenvalue weighted by Crippen LogP contribution is 2.37. The van der Waals surface area contributed by atoms with Crippen LogP contribution in [0, 0.1) is 0 Å². The Morgan fingerprint density at radius 2 is 2.00 bits per heavy atom. The molecule has 1 atom stereocenters. The molecule has 1 aromatic heterocycles. The Balaban J connectivity index is 2.37. The Kier molecular flexibility index (Phi) is 4.27. The van der Waals surface area contributed by atoms with Gasteiger partial charge in [-0.25, -0.2) is 4.98 Å². The van der Waals surface area contributed by atoms with Gasteiger partial charge in [0.15, 0.2) is 11.6 Å². The highest BCUT2D eigenvalue weighted by molar-refractivity contribution is 6.30. The normalized spacial score (nSPS) is 13.0. The molecule has 0 bridgehead atoms. The number of hydrogen-bond donors (Lipinski definition) is 1. The van der Waals surface area contributed by atoms with Crippen LogP contribution in [0.15, 0.2) is 36.5 Å². The first kappa shape index (κ1) is 15.4. The lowest BCUT2D eigenvalue weighted by molar-refractivity contribution is -0.138. The fraction of sp³-hybridized carbons (Fsp3) is 0.214. The van der Waals surface area contributed by atoms with E-state index in [-0.39, 0.29) is 22.2 Å². The van der Waals surface area contributed by atoms with Crippen LogP contribution >= 0.6 is 11.6 Å². The zero-order valence-corrected chi connectivity index (χ0v) is 11.7. The molecule has 112 valence electrons. The van der Waals surface area contributed by atoms with E-state index in [0.29, 0.717) is 0 Å². The summed E-state index contributed by atoms with van der Waals surface area (Å²) < 4.78 is 44.5. The predicted molar refractivity (Wildman–Crippen MR) is 74.1 cm³/mol. The standard InChI is InChI=1S/C14H12ClF3N2O/c1-8(21-12-3-2-6-20-13(12)19)10-7-9(15)4-5-11(10)14(16,17)18/h2-8H,1H3,(H2,19,20)/t8-/m1/s1. The van der Waals surface area contributed by atoms with Crippen molar-refractivity contribution in [1.29, 1.82) is 0 Å². The Labute approximate surface area is 124 Å². The monoisotopic (exact) mass is 316 g/mol. The van der Waals surface area contributed by atoms with Crippen molar-refractivity contribution in [3.05, 3.63) is 52.7 Å². The van der Waals surface area contributed by atoms with Crippen molar-refractivity contribution in [3.8, 4) is 5.75 Å². The molecule has 2 rings (SSSR count). The number of alkyl halides is 3. The number of nitrogens with two attached hydrogens (primary N) is 1. The zero-order valence-electron chi connectivity index (χ0n) is 11.0. The number of benzene rings is 1. The number of anilines is 1. The summed E-state index contributed by atoms with van der Waals surface area (Å²) in [6.07, 6.45) is -3.90. The summed E-state index contributed by atoms with van der Waals surface area (Å²) in [7, 11) is 0. The molecule has 0 spiro atoms. The lowest BCUT2D eigenvalue weighted by Gasteiger charge is -2.20. The van der Waals surface area contributed by atoms with E-state index in [2.05, 4.69) is 4.98 Å². The van der Waals surface area contributed by atoms with Crippen molar-refractivity contribution in [2.45, 2.75) is 19.2 Å². The summed E-state index contributed by atoms with van der Waals surface area (Å²) in [5.41, 5.74) is 4.77. The third kappa shape index (κ3) is 3.58. The second-order valence-corrected chi connectivity index (χ2v) is 4.81. The Hall–Kier alpha value is -1.95. The number of pyridine rings is 1. The fourth-order valence-electron chi connectivity index (χ4n) is 1.88. The van der Waals surface area contributed by atoms with Crippen molar-refractivity contribution in [1.82, 2.24) is 4.98 Å². The van der Waals surface area contributed by atoms with Gasteiger partial charge in [-0.15, -0.1) is 0 Å². The maximum atomic E-state index is 13.0. The molecule has 0 radical (unpaired) electrons. The van der Waals surface area contributed by atoms with Crippen molar-refractivity contribution in [2.24, 2.45) is 0 Å². The summed E-state index contributed by atoms with van der Waals surface area (Å²) in [4.78, 5) is 3.82. The van der Waals surface area contributed by atoms with Crippen LogP contribution in [0.25, 0.3) is 0 Å². The predicted octanol–water partition coefficient (Wildman–Crippen LogP) is 4.48. The van der Waals surface area contributed by atoms with Crippen molar-refractivity contribution in [2.75, 3.05) is 5.73 Å². The SMILES string of the molecule is C[C@@H](Oc1cccnc1N)c1cc(Cl)ccc1C(F)(F)F. The second-order valence-electron chi connectivity index (χ2n) is 4.38. The summed E-state index contributed by atoms with van der Waals surface area (Å²) in [6, 6.07) is 6.49. The highest BCUT2D eigenvalue weighted by atomic mass is 35.5. The molecule has 0 aliphatic rings. The van der Waals surface area contributed by atoms with Crippen LogP contribution in [-0.4, -0.2) is 4.98 Å². The molecular weight excluding hydrogens is 305 g/mol. The lowest BCUT2D eigenvalue weighted by Crippen LogP contribution is -2.14. The van der Waals surface area contributed by atoms with Gasteiger partial charge in [0, 0.05) is 16.8 Å². The Morgan fingerprint density at radius 1 is 1.29 bits per heavy atom. The van der Waals surface area contributed by atoms with Crippen LogP contribution in [0.2, 0.25) is 5.02 Å². The molecule has 1 aromatic carbocycles. The molecule has 21 heavy (non-hydrogen) atoms. The molecule has 7 heteroatoms. The van der Waals surface area contributed by atoms with Gasteiger partial charge in [-0.1, -0.05) is 11.6 Å². The first-order valence-corrected chi connectivity index (χ1v) is 6.40. The molecule has 0 fully saturated rings. The van der Waals surface area contributed by atoms with Crippen LogP contribution < -0.4 is 10.5 Å². The molecule has 0 saturated heterocycles. The maximum Gasteiger partial charge on any atom is 0.416 e. The van der Waals surface area contributed by atoms with Gasteiger partial charge in [0.2, 0.25) is 0 Å². The lowest BCUT2D eigenvalue weighted by atomic mass is 10.0. The van der Waals surface area contributed by atoms with E-state index in [1.54, 1.807) is 6.07 Å². The summed E-state index contributed by atoms with van der Waals surface area (Å²) >= 11 is 5.79. The van der Waals surface area contributed by atoms with Crippen molar-refractivity contribution in [3.63, 3.8) is 0 Å². The van der Waals surface area contributed by atoms with Gasteiger partial charge in [-0.05, 0) is 37.3 Å². The quantitative estimate of drug-likeness (QED) is 0.908. The summed E-state index contributed by atoms with van der Waals surface area (Å²) in [6.45, 7) is 1.49. The van der Waals surface area contributed by atoms with Gasteiger partial charge in [-0.3, -0.25) is 0 Å². The van der Waals surface area contributed by atoms with Crippen LogP contribution in [0.5, 0.6) is 5.75 Å². The number of aromatic nitrogens is 1. The molecular formula is C14H12ClF3N2O. The number of rotatable bonds is 3. The molecule has 0 unspecified atom stereocenters. The number of nitrogens with zero attached hydrogens (tertiary/aromatic N) is 1. The smallest absolute Gasteiger partial charge is 0.416 e. The largest absolute Gasteiger partial charge is 0.482 e. The van der Waals surface area contributed by atoms with Gasteiger partial charge < -0.3 is 10.5 Å². The molecule has 3 nitrogen and oxygen atoms in total. The highest BCUT2D eigenvalue weighted by Gasteiger charge is 2.35. The van der Waals surface area contributed by atoms with E-state index < -0.39 is 17.8 Å². The fourth-order valence-corrected chi connectivity index (χ4v) is 2.06. The molecule has 0 saturated carbocycles. The van der Waals surface area contributed by atoms with Crippen LogP contribution in [-0.2, 0) is 6.18 Å². The first-order valence-electron chi connectivity index (χ1n) is 6.03. The molecule has 2 aromatic rings. The van der Waals surface area contributed by atoms with Crippen LogP contribution in [0.3, 0.4) is 0 Å². The van der Waals surface area contributed by atoms with E-state index in [1.807, 2.05) is 0 Å². The number of ether oxygens (including phenoxy) is 1. The molecule has 0 aliphatic heterocycles. The third-order valence-electron chi connectivity index (χ3n) is 2.86. The zero-order chi connectivity index (χ0) is 15.6. The Morgan fingerprint density at radius 3 is 2.62 bits per heavy atom. The summed E-state index contributed by atoms with van der Waals surface area (Å²) in [5.74, 6) is 0.332. The second kappa shape index (κ2) is 5.81. The van der Waals surface area contributed by atoms with Crippen molar-refractivity contribution >= 4 is 17.4 Å². The topological polar surface area (TPSA) is 48.1 Å². The summed E-state index contributed by atoms with van der Waals surface area (Å²) in [5, 5.41) is 0.201. The van der Waals surface area contributed by atoms with Gasteiger partial charge in [0.1, 0.15) is 6.10 Å². The minimum Gasteiger partial charge on any atom is -0.482 e. The van der Waals surface area contributed by atoms with Gasteiger partial charge in [-0.2, -0.15) is 13.2 Å². The van der Waals surface area contributed by atoms with E-state index in [4.69, 9.17) is 22.1 Å². The molecule has 0 aliphatic carbocycles. The average Bonchev–Trinajstić information content (AvgIpc) is 2.40. The van der Waals surface area contributed by atoms with E-state index >= 15 is 0 Å². The van der Waals surface area contributed by atoms with Crippen LogP contribution in [0.4, 0.5) is 19.0 Å². The van der Waals surface area contributed by atoms with Crippen LogP contribution in [0.1, 0.15) is 24.2 Å². The minimum atomic E-state index is -4.49. The van der Waals surface area contributed by atoms with Gasteiger partial charge >= 0.3 is 6.18 Å². The van der Waals surface area contributed by atoms with Crippen molar-refractivity contribution < 1.29 is 17.9 Å². The minimum absolute atomic E-state index is 0.0572. The Bertz CT molecular complexity index is 646.